The van der Waals surface area contributed by atoms with Crippen LogP contribution >= 0.6 is 11.3 Å². The Morgan fingerprint density at radius 2 is 1.94 bits per heavy atom. The van der Waals surface area contributed by atoms with Gasteiger partial charge in [-0.3, -0.25) is 4.79 Å². The fourth-order valence-corrected chi connectivity index (χ4v) is 4.37. The van der Waals surface area contributed by atoms with Crippen LogP contribution in [-0.4, -0.2) is 63.7 Å². The summed E-state index contributed by atoms with van der Waals surface area (Å²) in [7, 11) is 3.78. The molecule has 0 bridgehead atoms. The summed E-state index contributed by atoms with van der Waals surface area (Å²) in [6, 6.07) is 8.56. The van der Waals surface area contributed by atoms with Gasteiger partial charge in [0.1, 0.15) is 0 Å². The van der Waals surface area contributed by atoms with Crippen molar-refractivity contribution in [3.05, 3.63) is 53.2 Å². The molecule has 0 saturated carbocycles. The Morgan fingerprint density at radius 3 is 2.58 bits per heavy atom. The van der Waals surface area contributed by atoms with Gasteiger partial charge in [-0.05, 0) is 62.6 Å². The van der Waals surface area contributed by atoms with Crippen LogP contribution in [0.15, 0.2) is 41.8 Å². The van der Waals surface area contributed by atoms with Crippen LogP contribution in [0.1, 0.15) is 29.0 Å². The molecule has 10 heteroatoms. The van der Waals surface area contributed by atoms with Crippen LogP contribution in [0.5, 0.6) is 0 Å². The first kappa shape index (κ1) is 21.5. The van der Waals surface area contributed by atoms with Crippen molar-refractivity contribution in [3.8, 4) is 16.4 Å². The van der Waals surface area contributed by atoms with Crippen molar-refractivity contribution in [2.24, 2.45) is 0 Å². The number of hydrogen-bond acceptors (Lipinski definition) is 5. The summed E-state index contributed by atoms with van der Waals surface area (Å²) in [5, 5.41) is 6.17. The number of aromatic nitrogens is 3. The van der Waals surface area contributed by atoms with Gasteiger partial charge in [0.25, 0.3) is 5.91 Å². The number of nitrogens with zero attached hydrogens (tertiary/aromatic N) is 5. The number of piperidine rings is 1. The smallest absolute Gasteiger partial charge is 0.336 e. The molecular weight excluding hydrogens is 427 g/mol. The monoisotopic (exact) mass is 449 g/mol. The van der Waals surface area contributed by atoms with Gasteiger partial charge in [0.05, 0.1) is 16.1 Å². The fourth-order valence-electron chi connectivity index (χ4n) is 3.67. The molecule has 0 N–H and O–H groups in total. The lowest BCUT2D eigenvalue weighted by molar-refractivity contribution is -0.137. The molecule has 31 heavy (non-hydrogen) atoms. The average molecular weight is 450 g/mol. The molecular formula is C21H22F3N5OS. The molecule has 0 atom stereocenters. The minimum absolute atomic E-state index is 0.0257. The van der Waals surface area contributed by atoms with E-state index >= 15 is 0 Å². The van der Waals surface area contributed by atoms with Gasteiger partial charge in [-0.2, -0.15) is 13.2 Å². The van der Waals surface area contributed by atoms with Crippen molar-refractivity contribution in [2.45, 2.75) is 25.1 Å². The van der Waals surface area contributed by atoms with Crippen molar-refractivity contribution in [2.75, 3.05) is 27.2 Å². The largest absolute Gasteiger partial charge is 0.416 e. The second-order valence-electron chi connectivity index (χ2n) is 7.65. The molecule has 1 amide bonds. The number of rotatable bonds is 4. The zero-order valence-electron chi connectivity index (χ0n) is 17.1. The van der Waals surface area contributed by atoms with Gasteiger partial charge in [0.15, 0.2) is 5.82 Å². The number of thiophene rings is 1. The van der Waals surface area contributed by atoms with Crippen molar-refractivity contribution < 1.29 is 18.0 Å². The predicted molar refractivity (Wildman–Crippen MR) is 112 cm³/mol. The van der Waals surface area contributed by atoms with Gasteiger partial charge in [-0.25, -0.2) is 9.67 Å². The van der Waals surface area contributed by atoms with Crippen molar-refractivity contribution >= 4 is 17.2 Å². The molecule has 3 aromatic rings. The summed E-state index contributed by atoms with van der Waals surface area (Å²) in [6.07, 6.45) is -2.78. The van der Waals surface area contributed by atoms with Gasteiger partial charge in [0.2, 0.25) is 5.82 Å². The number of alkyl halides is 3. The minimum Gasteiger partial charge on any atom is -0.336 e. The first-order chi connectivity index (χ1) is 14.7. The number of hydrogen-bond donors (Lipinski definition) is 0. The summed E-state index contributed by atoms with van der Waals surface area (Å²) in [5.41, 5.74) is -0.583. The van der Waals surface area contributed by atoms with E-state index in [9.17, 15) is 18.0 Å². The molecule has 0 spiro atoms. The van der Waals surface area contributed by atoms with Crippen LogP contribution in [0, 0.1) is 0 Å². The van der Waals surface area contributed by atoms with Crippen LogP contribution in [0.2, 0.25) is 0 Å². The Balaban J connectivity index is 1.71. The maximum absolute atomic E-state index is 13.2. The molecule has 0 radical (unpaired) electrons. The molecule has 0 unspecified atom stereocenters. The van der Waals surface area contributed by atoms with E-state index in [1.54, 1.807) is 18.0 Å². The first-order valence-electron chi connectivity index (χ1n) is 9.88. The van der Waals surface area contributed by atoms with E-state index in [1.807, 2.05) is 18.5 Å². The van der Waals surface area contributed by atoms with Gasteiger partial charge >= 0.3 is 6.18 Å². The van der Waals surface area contributed by atoms with Crippen molar-refractivity contribution in [3.63, 3.8) is 0 Å². The Hall–Kier alpha value is -2.72. The van der Waals surface area contributed by atoms with E-state index in [0.717, 1.165) is 38.1 Å². The molecule has 1 aliphatic rings. The summed E-state index contributed by atoms with van der Waals surface area (Å²) in [5.74, 6) is -0.0187. The van der Waals surface area contributed by atoms with Crippen LogP contribution < -0.4 is 0 Å². The van der Waals surface area contributed by atoms with Gasteiger partial charge in [0, 0.05) is 13.1 Å². The van der Waals surface area contributed by atoms with Crippen LogP contribution in [0.3, 0.4) is 0 Å². The van der Waals surface area contributed by atoms with Crippen LogP contribution in [0.4, 0.5) is 13.2 Å². The quantitative estimate of drug-likeness (QED) is 0.600. The van der Waals surface area contributed by atoms with Crippen molar-refractivity contribution in [1.82, 2.24) is 24.6 Å². The minimum atomic E-state index is -4.48. The lowest BCUT2D eigenvalue weighted by Crippen LogP contribution is -2.44. The van der Waals surface area contributed by atoms with Gasteiger partial charge in [-0.1, -0.05) is 12.1 Å². The summed E-state index contributed by atoms with van der Waals surface area (Å²) in [6.45, 7) is 1.80. The highest BCUT2D eigenvalue weighted by molar-refractivity contribution is 7.13. The molecule has 4 rings (SSSR count). The molecule has 1 saturated heterocycles. The Bertz CT molecular complexity index is 1060. The van der Waals surface area contributed by atoms with Crippen LogP contribution in [0.25, 0.3) is 16.4 Å². The second kappa shape index (κ2) is 8.43. The lowest BCUT2D eigenvalue weighted by atomic mass is 10.0. The third-order valence-electron chi connectivity index (χ3n) is 5.51. The third kappa shape index (κ3) is 4.49. The van der Waals surface area contributed by atoms with E-state index in [2.05, 4.69) is 15.0 Å². The summed E-state index contributed by atoms with van der Waals surface area (Å²) >= 11 is 1.38. The maximum Gasteiger partial charge on any atom is 0.416 e. The number of amides is 1. The Kier molecular flexibility index (Phi) is 5.85. The fraction of sp³-hybridized carbons (Fsp3) is 0.381. The van der Waals surface area contributed by atoms with Gasteiger partial charge in [-0.15, -0.1) is 16.4 Å². The van der Waals surface area contributed by atoms with E-state index in [0.29, 0.717) is 10.7 Å². The van der Waals surface area contributed by atoms with E-state index in [4.69, 9.17) is 0 Å². The number of carbonyl (C=O) groups is 1. The zero-order chi connectivity index (χ0) is 22.2. The van der Waals surface area contributed by atoms with Gasteiger partial charge < -0.3 is 9.80 Å². The first-order valence-corrected chi connectivity index (χ1v) is 10.8. The normalized spacial score (nSPS) is 15.9. The molecule has 6 nitrogen and oxygen atoms in total. The highest BCUT2D eigenvalue weighted by Gasteiger charge is 2.32. The Morgan fingerprint density at radius 1 is 1.19 bits per heavy atom. The average Bonchev–Trinajstić information content (AvgIpc) is 3.42. The lowest BCUT2D eigenvalue weighted by Gasteiger charge is -2.34. The SMILES string of the molecule is CN1CCC(N(C)C(=O)c2nc(-c3cccs3)n(-c3cccc(C(F)(F)F)c3)n2)CC1. The number of benzene rings is 1. The second-order valence-corrected chi connectivity index (χ2v) is 8.59. The van der Waals surface area contributed by atoms with Crippen LogP contribution in [-0.2, 0) is 6.18 Å². The molecule has 3 heterocycles. The number of halogens is 3. The number of carbonyl (C=O) groups excluding carboxylic acids is 1. The molecule has 164 valence electrons. The number of likely N-dealkylation sites (tertiary alicyclic amines) is 1. The zero-order valence-corrected chi connectivity index (χ0v) is 18.0. The third-order valence-corrected chi connectivity index (χ3v) is 6.38. The molecule has 1 fully saturated rings. The summed E-state index contributed by atoms with van der Waals surface area (Å²) in [4.78, 5) is 22.1. The predicted octanol–water partition coefficient (Wildman–Crippen LogP) is 4.18. The van der Waals surface area contributed by atoms with Crippen molar-refractivity contribution in [1.29, 1.82) is 0 Å². The van der Waals surface area contributed by atoms with E-state index in [1.165, 1.54) is 28.2 Å². The standard InChI is InChI=1S/C21H22F3N5OS/c1-27-10-8-15(9-11-27)28(2)20(30)18-25-19(17-7-4-12-31-17)29(26-18)16-6-3-5-14(13-16)21(22,23)24/h3-7,12-13,15H,8-11H2,1-2H3. The highest BCUT2D eigenvalue weighted by Crippen LogP contribution is 2.32. The van der Waals surface area contributed by atoms with E-state index in [-0.39, 0.29) is 23.5 Å². The highest BCUT2D eigenvalue weighted by atomic mass is 32.1. The Labute approximate surface area is 181 Å². The molecule has 0 aliphatic carbocycles. The van der Waals surface area contributed by atoms with E-state index < -0.39 is 11.7 Å². The topological polar surface area (TPSA) is 54.3 Å². The molecule has 1 aliphatic heterocycles. The molecule has 1 aromatic carbocycles. The summed E-state index contributed by atoms with van der Waals surface area (Å²) < 4.78 is 41.0. The maximum atomic E-state index is 13.2. The molecule has 2 aromatic heterocycles.